The van der Waals surface area contributed by atoms with Crippen LogP contribution in [0.15, 0.2) is 142 Å². The van der Waals surface area contributed by atoms with Crippen molar-refractivity contribution in [3.63, 3.8) is 0 Å². The van der Waals surface area contributed by atoms with Gasteiger partial charge >= 0.3 is 0 Å². The van der Waals surface area contributed by atoms with E-state index < -0.39 is 30.1 Å². The van der Waals surface area contributed by atoms with Crippen molar-refractivity contribution < 1.29 is 58.2 Å². The van der Waals surface area contributed by atoms with Crippen LogP contribution in [0, 0.1) is 19.7 Å². The van der Waals surface area contributed by atoms with E-state index in [2.05, 4.69) is 15.3 Å². The van der Waals surface area contributed by atoms with Gasteiger partial charge in [-0.05, 0) is 104 Å². The van der Waals surface area contributed by atoms with Crippen molar-refractivity contribution in [3.05, 3.63) is 161 Å². The summed E-state index contributed by atoms with van der Waals surface area (Å²) in [7, 11) is -11.5. The molecule has 4 N–H and O–H groups in total. The van der Waals surface area contributed by atoms with E-state index >= 15 is 0 Å². The summed E-state index contributed by atoms with van der Waals surface area (Å²) < 4.78 is 110. The predicted octanol–water partition coefficient (Wildman–Crippen LogP) is 6.33. The largest absolute Gasteiger partial charge is 0.744 e. The summed E-state index contributed by atoms with van der Waals surface area (Å²) in [5, 5.41) is 6.53. The van der Waals surface area contributed by atoms with Crippen LogP contribution in [0.4, 0.5) is 15.9 Å². The summed E-state index contributed by atoms with van der Waals surface area (Å²) in [4.78, 5) is 7.24. The molecule has 0 spiro atoms. The Labute approximate surface area is 364 Å². The second-order valence-electron chi connectivity index (χ2n) is 13.9. The Bertz CT molecular complexity index is 2900. The van der Waals surface area contributed by atoms with Crippen molar-refractivity contribution in [2.45, 2.75) is 36.8 Å². The molecule has 0 saturated carbocycles. The fraction of sp³-hybridized carbons (Fsp3) is 0.163. The number of quaternary nitrogens is 1. The average molecular weight is 925 g/mol. The van der Waals surface area contributed by atoms with Gasteiger partial charge in [0.25, 0.3) is 0 Å². The minimum atomic E-state index is -4.27. The van der Waals surface area contributed by atoms with E-state index in [-0.39, 0.29) is 28.0 Å². The standard InChI is InChI=1S/C29H26ClFN4O4S.2C7H8O3S/c1-40(36,37)12-11-32-16-23-7-10-27(39-23)20-5-8-26-24(14-20)29(34-18-33-26)35-22-6-9-28(25(30)15-22)38-17-19-3-2-4-21(31)13-19;2*1-6-2-4-7(5-3-6)11(8,9)10/h2-10,13-15,18,32H,11-12,16-17H2,1H3,(H,33,34,35);2*2-5H,1H3,(H,8,9,10). The Hall–Kier alpha value is -5.73. The van der Waals surface area contributed by atoms with Crippen molar-refractivity contribution in [1.29, 1.82) is 0 Å². The highest BCUT2D eigenvalue weighted by molar-refractivity contribution is 7.90. The topological polar surface area (TPSA) is 227 Å². The number of ether oxygens (including phenoxy) is 1. The third kappa shape index (κ3) is 14.7. The number of nitrogens with two attached hydrogens (primary N) is 1. The van der Waals surface area contributed by atoms with Gasteiger partial charge in [-0.25, -0.2) is 34.6 Å². The van der Waals surface area contributed by atoms with E-state index in [9.17, 15) is 38.7 Å². The minimum Gasteiger partial charge on any atom is -0.744 e. The molecule has 2 aromatic heterocycles. The van der Waals surface area contributed by atoms with E-state index in [1.807, 2.05) is 55.6 Å². The Morgan fingerprint density at radius 3 is 2.03 bits per heavy atom. The highest BCUT2D eigenvalue weighted by Gasteiger charge is 2.15. The molecule has 0 aliphatic heterocycles. The molecule has 19 heteroatoms. The van der Waals surface area contributed by atoms with Crippen LogP contribution in [-0.4, -0.2) is 57.9 Å². The molecule has 7 aromatic rings. The maximum Gasteiger partial charge on any atom is 0.234 e. The summed E-state index contributed by atoms with van der Waals surface area (Å²) in [6.45, 7) is 4.87. The molecule has 0 aliphatic rings. The SMILES string of the molecule is CS(=O)(=O)CC[NH2+]Cc1ccc(-c2ccc3nc[nH+]c(Nc4ccc(OCc5cccc(F)c5)c(Cl)c4)c3c2)o1.Cc1ccc(S(=O)(=O)[O-])cc1.Cc1ccc(S(=O)(=O)[O-])cc1. The fourth-order valence-electron chi connectivity index (χ4n) is 5.57. The van der Waals surface area contributed by atoms with Crippen LogP contribution >= 0.6 is 11.6 Å². The molecule has 0 aliphatic carbocycles. The lowest BCUT2D eigenvalue weighted by atomic mass is 10.1. The number of hydrogen-bond donors (Lipinski definition) is 2. The van der Waals surface area contributed by atoms with Crippen LogP contribution in [0.3, 0.4) is 0 Å². The quantitative estimate of drug-likeness (QED) is 0.0956. The zero-order valence-electron chi connectivity index (χ0n) is 33.5. The van der Waals surface area contributed by atoms with Crippen molar-refractivity contribution in [2.24, 2.45) is 0 Å². The summed E-state index contributed by atoms with van der Waals surface area (Å²) in [5.74, 6) is 2.48. The lowest BCUT2D eigenvalue weighted by Gasteiger charge is -2.10. The number of benzene rings is 5. The molecule has 0 saturated heterocycles. The molecule has 2 heterocycles. The molecule has 0 fully saturated rings. The molecular weight excluding hydrogens is 883 g/mol. The normalized spacial score (nSPS) is 11.5. The number of fused-ring (bicyclic) bond motifs is 1. The van der Waals surface area contributed by atoms with Crippen LogP contribution in [-0.2, 0) is 43.2 Å². The molecular formula is C43H42ClFN4O10S3. The van der Waals surface area contributed by atoms with Crippen molar-refractivity contribution in [3.8, 4) is 17.1 Å². The monoisotopic (exact) mass is 924 g/mol. The van der Waals surface area contributed by atoms with Gasteiger partial charge in [0.05, 0.1) is 38.2 Å². The number of sulfone groups is 1. The fourth-order valence-corrected chi connectivity index (χ4v) is 7.34. The van der Waals surface area contributed by atoms with Crippen molar-refractivity contribution in [1.82, 2.24) is 4.98 Å². The van der Waals surface area contributed by atoms with Crippen LogP contribution in [0.1, 0.15) is 22.5 Å². The molecule has 0 atom stereocenters. The number of aromatic amines is 1. The van der Waals surface area contributed by atoms with Gasteiger partial charge in [-0.15, -0.1) is 4.98 Å². The number of H-pyrrole nitrogens is 1. The van der Waals surface area contributed by atoms with Crippen molar-refractivity contribution in [2.75, 3.05) is 23.9 Å². The number of furan rings is 1. The van der Waals surface area contributed by atoms with Crippen LogP contribution < -0.4 is 20.4 Å². The number of nitrogens with one attached hydrogen (secondary N) is 2. The summed E-state index contributed by atoms with van der Waals surface area (Å²) in [6.07, 6.45) is 2.84. The predicted molar refractivity (Wildman–Crippen MR) is 230 cm³/mol. The maximum atomic E-state index is 13.4. The van der Waals surface area contributed by atoms with E-state index in [1.165, 1.54) is 42.7 Å². The number of halogens is 2. The number of aromatic nitrogens is 2. The van der Waals surface area contributed by atoms with Gasteiger partial charge in [-0.2, -0.15) is 0 Å². The number of anilines is 2. The second-order valence-corrected chi connectivity index (χ2v) is 19.3. The third-order valence-electron chi connectivity index (χ3n) is 8.77. The Balaban J connectivity index is 0.000000267. The zero-order valence-corrected chi connectivity index (χ0v) is 36.7. The molecule has 62 heavy (non-hydrogen) atoms. The van der Waals surface area contributed by atoms with Gasteiger partial charge in [-0.3, -0.25) is 5.32 Å². The summed E-state index contributed by atoms with van der Waals surface area (Å²) in [6, 6.07) is 32.8. The molecule has 0 bridgehead atoms. The third-order valence-corrected chi connectivity index (χ3v) is 11.7. The first-order valence-corrected chi connectivity index (χ1v) is 23.9. The van der Waals surface area contributed by atoms with Gasteiger partial charge in [0.2, 0.25) is 12.1 Å². The average Bonchev–Trinajstić information content (AvgIpc) is 3.68. The first-order valence-electron chi connectivity index (χ1n) is 18.6. The van der Waals surface area contributed by atoms with Gasteiger partial charge in [0, 0.05) is 11.8 Å². The smallest absolute Gasteiger partial charge is 0.234 e. The maximum absolute atomic E-state index is 13.4. The molecule has 14 nitrogen and oxygen atoms in total. The lowest BCUT2D eigenvalue weighted by molar-refractivity contribution is -0.668. The van der Waals surface area contributed by atoms with Crippen LogP contribution in [0.25, 0.3) is 22.2 Å². The van der Waals surface area contributed by atoms with E-state index in [0.29, 0.717) is 35.2 Å². The van der Waals surface area contributed by atoms with Gasteiger partial charge in [0.1, 0.15) is 50.7 Å². The Kier molecular flexibility index (Phi) is 15.9. The summed E-state index contributed by atoms with van der Waals surface area (Å²) in [5.41, 5.74) is 4.96. The highest BCUT2D eigenvalue weighted by Crippen LogP contribution is 2.32. The minimum absolute atomic E-state index is 0.125. The molecule has 0 amide bonds. The molecule has 0 radical (unpaired) electrons. The van der Waals surface area contributed by atoms with Gasteiger partial charge in [-0.1, -0.05) is 59.1 Å². The van der Waals surface area contributed by atoms with E-state index in [0.717, 1.165) is 44.9 Å². The van der Waals surface area contributed by atoms with Gasteiger partial charge < -0.3 is 23.6 Å². The second kappa shape index (κ2) is 20.9. The molecule has 7 rings (SSSR count). The number of rotatable bonds is 13. The van der Waals surface area contributed by atoms with Crippen LogP contribution in [0.2, 0.25) is 5.02 Å². The number of aryl methyl sites for hydroxylation is 2. The van der Waals surface area contributed by atoms with Gasteiger partial charge in [0.15, 0.2) is 21.1 Å². The Morgan fingerprint density at radius 1 is 0.806 bits per heavy atom. The van der Waals surface area contributed by atoms with E-state index in [1.54, 1.807) is 54.9 Å². The lowest BCUT2D eigenvalue weighted by Crippen LogP contribution is -2.83. The molecule has 0 unspecified atom stereocenters. The Morgan fingerprint density at radius 2 is 1.45 bits per heavy atom. The first-order chi connectivity index (χ1) is 29.2. The summed E-state index contributed by atoms with van der Waals surface area (Å²) >= 11 is 6.48. The molecule has 5 aromatic carbocycles. The highest BCUT2D eigenvalue weighted by atomic mass is 35.5. The zero-order chi connectivity index (χ0) is 45.1. The van der Waals surface area contributed by atoms with E-state index in [4.69, 9.17) is 20.8 Å². The van der Waals surface area contributed by atoms with Crippen LogP contribution in [0.5, 0.6) is 5.75 Å². The number of nitrogens with zero attached hydrogens (tertiary/aromatic N) is 1. The molecule has 326 valence electrons. The van der Waals surface area contributed by atoms with Crippen molar-refractivity contribution >= 4 is 64.1 Å². The first kappa shape index (κ1) is 47.3. The number of hydrogen-bond acceptors (Lipinski definition) is 12.